The van der Waals surface area contributed by atoms with Gasteiger partial charge in [-0.1, -0.05) is 37.3 Å². The van der Waals surface area contributed by atoms with E-state index in [-0.39, 0.29) is 10.9 Å². The molecule has 6 heteroatoms. The van der Waals surface area contributed by atoms with Crippen LogP contribution in [0.25, 0.3) is 5.69 Å². The molecule has 0 radical (unpaired) electrons. The standard InChI is InChI=1S/C15H18N4OS/c1-3-15(2,14(16)21)18-13(20)11-9-17-19(10-11)12-7-5-4-6-8-12/h4-10H,3H2,1-2H3,(H2,16,21)(H,18,20). The first kappa shape index (κ1) is 15.2. The Hall–Kier alpha value is -2.21. The zero-order valence-electron chi connectivity index (χ0n) is 12.0. The van der Waals surface area contributed by atoms with Gasteiger partial charge in [0, 0.05) is 6.20 Å². The molecule has 1 aromatic heterocycles. The van der Waals surface area contributed by atoms with E-state index in [2.05, 4.69) is 10.4 Å². The number of aromatic nitrogens is 2. The molecule has 1 aromatic carbocycles. The zero-order chi connectivity index (χ0) is 15.5. The van der Waals surface area contributed by atoms with Crippen LogP contribution in [0, 0.1) is 0 Å². The minimum absolute atomic E-state index is 0.241. The van der Waals surface area contributed by atoms with Crippen LogP contribution in [-0.2, 0) is 0 Å². The lowest BCUT2D eigenvalue weighted by Crippen LogP contribution is -2.54. The molecule has 1 unspecified atom stereocenters. The molecule has 0 aliphatic heterocycles. The van der Waals surface area contributed by atoms with Crippen molar-refractivity contribution >= 4 is 23.1 Å². The van der Waals surface area contributed by atoms with Crippen LogP contribution in [0.2, 0.25) is 0 Å². The highest BCUT2D eigenvalue weighted by Crippen LogP contribution is 2.12. The maximum atomic E-state index is 12.3. The number of rotatable bonds is 5. The highest BCUT2D eigenvalue weighted by Gasteiger charge is 2.28. The lowest BCUT2D eigenvalue weighted by atomic mass is 9.98. The van der Waals surface area contributed by atoms with Gasteiger partial charge in [-0.15, -0.1) is 0 Å². The summed E-state index contributed by atoms with van der Waals surface area (Å²) in [5, 5.41) is 7.07. The van der Waals surface area contributed by atoms with Crippen LogP contribution >= 0.6 is 12.2 Å². The smallest absolute Gasteiger partial charge is 0.255 e. The summed E-state index contributed by atoms with van der Waals surface area (Å²) in [5.74, 6) is -0.241. The maximum absolute atomic E-state index is 12.3. The fraction of sp³-hybridized carbons (Fsp3) is 0.267. The van der Waals surface area contributed by atoms with Gasteiger partial charge in [-0.3, -0.25) is 4.79 Å². The van der Waals surface area contributed by atoms with Gasteiger partial charge in [-0.05, 0) is 25.5 Å². The fourth-order valence-corrected chi connectivity index (χ4v) is 2.00. The average Bonchev–Trinajstić information content (AvgIpc) is 2.97. The number of nitrogens with zero attached hydrogens (tertiary/aromatic N) is 2. The van der Waals surface area contributed by atoms with E-state index >= 15 is 0 Å². The van der Waals surface area contributed by atoms with Crippen molar-refractivity contribution in [3.63, 3.8) is 0 Å². The number of nitrogens with two attached hydrogens (primary N) is 1. The summed E-state index contributed by atoms with van der Waals surface area (Å²) in [4.78, 5) is 12.6. The summed E-state index contributed by atoms with van der Waals surface area (Å²) < 4.78 is 1.65. The SMILES string of the molecule is CCC(C)(NC(=O)c1cnn(-c2ccccc2)c1)C(N)=S. The third-order valence-corrected chi connectivity index (χ3v) is 3.96. The van der Waals surface area contributed by atoms with Gasteiger partial charge in [0.05, 0.1) is 28.0 Å². The van der Waals surface area contributed by atoms with Crippen molar-refractivity contribution in [2.24, 2.45) is 5.73 Å². The molecule has 1 amide bonds. The number of carbonyl (C=O) groups excluding carboxylic acids is 1. The van der Waals surface area contributed by atoms with E-state index in [9.17, 15) is 4.79 Å². The number of benzene rings is 1. The van der Waals surface area contributed by atoms with Gasteiger partial charge >= 0.3 is 0 Å². The van der Waals surface area contributed by atoms with Crippen LogP contribution in [0.5, 0.6) is 0 Å². The second kappa shape index (κ2) is 6.05. The first-order valence-corrected chi connectivity index (χ1v) is 7.09. The second-order valence-corrected chi connectivity index (χ2v) is 5.45. The number of amides is 1. The predicted octanol–water partition coefficient (Wildman–Crippen LogP) is 2.06. The summed E-state index contributed by atoms with van der Waals surface area (Å²) in [6, 6.07) is 9.59. The molecule has 1 atom stereocenters. The van der Waals surface area contributed by atoms with Crippen molar-refractivity contribution in [1.29, 1.82) is 0 Å². The Morgan fingerprint density at radius 1 is 1.43 bits per heavy atom. The number of nitrogens with one attached hydrogen (secondary N) is 1. The lowest BCUT2D eigenvalue weighted by Gasteiger charge is -2.27. The molecule has 0 bridgehead atoms. The van der Waals surface area contributed by atoms with Crippen molar-refractivity contribution in [2.75, 3.05) is 0 Å². The molecular weight excluding hydrogens is 284 g/mol. The van der Waals surface area contributed by atoms with Crippen molar-refractivity contribution in [2.45, 2.75) is 25.8 Å². The molecule has 21 heavy (non-hydrogen) atoms. The molecule has 0 spiro atoms. The molecule has 5 nitrogen and oxygen atoms in total. The predicted molar refractivity (Wildman–Crippen MR) is 86.5 cm³/mol. The Morgan fingerprint density at radius 3 is 2.67 bits per heavy atom. The van der Waals surface area contributed by atoms with Gasteiger partial charge < -0.3 is 11.1 Å². The highest BCUT2D eigenvalue weighted by atomic mass is 32.1. The highest BCUT2D eigenvalue weighted by molar-refractivity contribution is 7.80. The first-order valence-electron chi connectivity index (χ1n) is 6.69. The van der Waals surface area contributed by atoms with Crippen LogP contribution in [-0.4, -0.2) is 26.2 Å². The third kappa shape index (κ3) is 3.28. The average molecular weight is 302 g/mol. The van der Waals surface area contributed by atoms with Gasteiger partial charge in [0.2, 0.25) is 0 Å². The zero-order valence-corrected chi connectivity index (χ0v) is 12.9. The van der Waals surface area contributed by atoms with E-state index in [0.717, 1.165) is 5.69 Å². The van der Waals surface area contributed by atoms with Crippen LogP contribution in [0.3, 0.4) is 0 Å². The maximum Gasteiger partial charge on any atom is 0.255 e. The van der Waals surface area contributed by atoms with E-state index in [1.165, 1.54) is 6.20 Å². The van der Waals surface area contributed by atoms with Crippen LogP contribution in [0.4, 0.5) is 0 Å². The molecule has 0 saturated carbocycles. The molecule has 1 heterocycles. The summed E-state index contributed by atoms with van der Waals surface area (Å²) in [7, 11) is 0. The molecule has 0 saturated heterocycles. The van der Waals surface area contributed by atoms with Crippen molar-refractivity contribution in [1.82, 2.24) is 15.1 Å². The Bertz CT molecular complexity index is 653. The molecule has 0 aliphatic carbocycles. The first-order chi connectivity index (χ1) is 9.96. The second-order valence-electron chi connectivity index (χ2n) is 5.01. The molecule has 0 aliphatic rings. The summed E-state index contributed by atoms with van der Waals surface area (Å²) in [6.45, 7) is 3.74. The Morgan fingerprint density at radius 2 is 2.10 bits per heavy atom. The van der Waals surface area contributed by atoms with Crippen LogP contribution < -0.4 is 11.1 Å². The van der Waals surface area contributed by atoms with Gasteiger partial charge in [-0.2, -0.15) is 5.10 Å². The Kier molecular flexibility index (Phi) is 4.37. The minimum Gasteiger partial charge on any atom is -0.391 e. The quantitative estimate of drug-likeness (QED) is 0.829. The molecule has 0 fully saturated rings. The Labute approximate surface area is 129 Å². The normalized spacial score (nSPS) is 13.4. The number of hydrogen-bond donors (Lipinski definition) is 2. The number of thiocarbonyl (C=S) groups is 1. The summed E-state index contributed by atoms with van der Waals surface area (Å²) in [6.07, 6.45) is 3.83. The minimum atomic E-state index is -0.693. The van der Waals surface area contributed by atoms with Gasteiger partial charge in [0.15, 0.2) is 0 Å². The van der Waals surface area contributed by atoms with Gasteiger partial charge in [0.25, 0.3) is 5.91 Å². The number of carbonyl (C=O) groups is 1. The summed E-state index contributed by atoms with van der Waals surface area (Å²) in [5.41, 5.74) is 6.37. The Balaban J connectivity index is 2.18. The largest absolute Gasteiger partial charge is 0.391 e. The van der Waals surface area contributed by atoms with Crippen LogP contribution in [0.1, 0.15) is 30.6 Å². The molecule has 2 rings (SSSR count). The summed E-state index contributed by atoms with van der Waals surface area (Å²) >= 11 is 5.02. The molecule has 110 valence electrons. The number of para-hydroxylation sites is 1. The monoisotopic (exact) mass is 302 g/mol. The van der Waals surface area contributed by atoms with E-state index in [1.807, 2.05) is 44.2 Å². The lowest BCUT2D eigenvalue weighted by molar-refractivity contribution is 0.0926. The van der Waals surface area contributed by atoms with Gasteiger partial charge in [-0.25, -0.2) is 4.68 Å². The van der Waals surface area contributed by atoms with E-state index in [4.69, 9.17) is 18.0 Å². The topological polar surface area (TPSA) is 72.9 Å². The van der Waals surface area contributed by atoms with Crippen molar-refractivity contribution in [3.8, 4) is 5.69 Å². The third-order valence-electron chi connectivity index (χ3n) is 3.51. The fourth-order valence-electron chi connectivity index (χ4n) is 1.81. The van der Waals surface area contributed by atoms with E-state index in [1.54, 1.807) is 10.9 Å². The van der Waals surface area contributed by atoms with E-state index < -0.39 is 5.54 Å². The number of hydrogen-bond acceptors (Lipinski definition) is 3. The van der Waals surface area contributed by atoms with Gasteiger partial charge in [0.1, 0.15) is 0 Å². The van der Waals surface area contributed by atoms with E-state index in [0.29, 0.717) is 12.0 Å². The molecule has 2 aromatic rings. The van der Waals surface area contributed by atoms with Crippen molar-refractivity contribution in [3.05, 3.63) is 48.3 Å². The van der Waals surface area contributed by atoms with Crippen molar-refractivity contribution < 1.29 is 4.79 Å². The molecule has 3 N–H and O–H groups in total. The van der Waals surface area contributed by atoms with Crippen LogP contribution in [0.15, 0.2) is 42.7 Å². The molecular formula is C15H18N4OS.